The van der Waals surface area contributed by atoms with Crippen LogP contribution >= 0.6 is 0 Å². The van der Waals surface area contributed by atoms with Crippen molar-refractivity contribution in [3.63, 3.8) is 0 Å². The topological polar surface area (TPSA) is 105 Å². The van der Waals surface area contributed by atoms with Crippen LogP contribution in [0.25, 0.3) is 0 Å². The quantitative estimate of drug-likeness (QED) is 0.624. The van der Waals surface area contributed by atoms with Gasteiger partial charge in [0.1, 0.15) is 5.82 Å². The lowest BCUT2D eigenvalue weighted by Gasteiger charge is -2.29. The maximum atomic E-state index is 12.1. The number of hydrogen-bond acceptors (Lipinski definition) is 8. The van der Waals surface area contributed by atoms with Crippen molar-refractivity contribution in [2.45, 2.75) is 44.7 Å². The van der Waals surface area contributed by atoms with Crippen LogP contribution in [0.3, 0.4) is 0 Å². The van der Waals surface area contributed by atoms with Crippen molar-refractivity contribution < 1.29 is 9.53 Å². The van der Waals surface area contributed by atoms with Gasteiger partial charge >= 0.3 is 0 Å². The van der Waals surface area contributed by atoms with Gasteiger partial charge in [-0.05, 0) is 44.0 Å². The van der Waals surface area contributed by atoms with Crippen LogP contribution in [0.4, 0.5) is 23.1 Å². The third kappa shape index (κ3) is 4.88. The monoisotopic (exact) mass is 410 g/mol. The third-order valence-electron chi connectivity index (χ3n) is 5.81. The molecule has 2 fully saturated rings. The highest BCUT2D eigenvalue weighted by Gasteiger charge is 2.23. The molecule has 8 nitrogen and oxygen atoms in total. The zero-order chi connectivity index (χ0) is 20.9. The molecule has 0 radical (unpaired) electrons. The normalized spacial score (nSPS) is 21.9. The molecule has 0 amide bonds. The molecule has 30 heavy (non-hydrogen) atoms. The summed E-state index contributed by atoms with van der Waals surface area (Å²) in [5.41, 5.74) is 8.73. The van der Waals surface area contributed by atoms with Gasteiger partial charge in [-0.25, -0.2) is 4.98 Å². The van der Waals surface area contributed by atoms with Crippen LogP contribution in [0, 0.1) is 0 Å². The number of nitrogens with two attached hydrogens (primary N) is 1. The molecule has 4 rings (SSSR count). The molecule has 1 saturated carbocycles. The van der Waals surface area contributed by atoms with E-state index in [1.165, 1.54) is 6.92 Å². The van der Waals surface area contributed by atoms with E-state index in [4.69, 9.17) is 10.5 Å². The molecule has 1 aromatic carbocycles. The van der Waals surface area contributed by atoms with E-state index >= 15 is 0 Å². The number of carbonyl (C=O) groups excluding carboxylic acids is 1. The first-order chi connectivity index (χ1) is 14.6. The Morgan fingerprint density at radius 1 is 1.17 bits per heavy atom. The number of Topliss-reactive ketones (excluding diaryl/α,β-unsaturated/α-hetero) is 1. The number of anilines is 4. The fraction of sp³-hybridized carbons (Fsp3) is 0.500. The number of ether oxygens (including phenoxy) is 1. The van der Waals surface area contributed by atoms with Crippen LogP contribution in [0.15, 0.2) is 30.5 Å². The first kappa shape index (κ1) is 20.6. The van der Waals surface area contributed by atoms with Crippen molar-refractivity contribution in [1.29, 1.82) is 0 Å². The van der Waals surface area contributed by atoms with Gasteiger partial charge < -0.3 is 26.0 Å². The van der Waals surface area contributed by atoms with Crippen molar-refractivity contribution in [2.75, 3.05) is 41.8 Å². The molecule has 2 heterocycles. The Bertz CT molecular complexity index is 866. The largest absolute Gasteiger partial charge is 0.378 e. The van der Waals surface area contributed by atoms with Crippen LogP contribution in [0.5, 0.6) is 0 Å². The maximum Gasteiger partial charge on any atom is 0.224 e. The van der Waals surface area contributed by atoms with E-state index in [9.17, 15) is 4.79 Å². The molecule has 8 heteroatoms. The van der Waals surface area contributed by atoms with Crippen LogP contribution in [-0.4, -0.2) is 54.1 Å². The van der Waals surface area contributed by atoms with Crippen molar-refractivity contribution in [3.8, 4) is 0 Å². The smallest absolute Gasteiger partial charge is 0.224 e. The molecule has 0 spiro atoms. The van der Waals surface area contributed by atoms with Crippen LogP contribution in [-0.2, 0) is 4.74 Å². The summed E-state index contributed by atoms with van der Waals surface area (Å²) < 4.78 is 5.42. The van der Waals surface area contributed by atoms with Crippen LogP contribution in [0.2, 0.25) is 0 Å². The number of benzene rings is 1. The van der Waals surface area contributed by atoms with Gasteiger partial charge in [-0.1, -0.05) is 12.8 Å². The Kier molecular flexibility index (Phi) is 6.44. The van der Waals surface area contributed by atoms with E-state index in [-0.39, 0.29) is 17.9 Å². The Hall–Kier alpha value is -2.71. The highest BCUT2D eigenvalue weighted by molar-refractivity contribution is 5.99. The van der Waals surface area contributed by atoms with Crippen molar-refractivity contribution >= 4 is 28.9 Å². The van der Waals surface area contributed by atoms with E-state index in [1.807, 2.05) is 12.1 Å². The van der Waals surface area contributed by atoms with E-state index in [0.717, 1.165) is 63.4 Å². The molecular weight excluding hydrogens is 380 g/mol. The number of hydrogen-bond donors (Lipinski definition) is 3. The van der Waals surface area contributed by atoms with E-state index in [0.29, 0.717) is 17.3 Å². The van der Waals surface area contributed by atoms with Gasteiger partial charge in [0.15, 0.2) is 5.78 Å². The van der Waals surface area contributed by atoms with Gasteiger partial charge in [-0.3, -0.25) is 4.79 Å². The number of rotatable bonds is 6. The Morgan fingerprint density at radius 3 is 2.60 bits per heavy atom. The molecule has 0 unspecified atom stereocenters. The molecule has 160 valence electrons. The van der Waals surface area contributed by atoms with Crippen molar-refractivity contribution in [3.05, 3.63) is 36.0 Å². The van der Waals surface area contributed by atoms with Gasteiger partial charge in [0, 0.05) is 42.7 Å². The fourth-order valence-corrected chi connectivity index (χ4v) is 4.02. The lowest BCUT2D eigenvalue weighted by atomic mass is 9.91. The number of carbonyl (C=O) groups is 1. The summed E-state index contributed by atoms with van der Waals surface area (Å²) >= 11 is 0. The Labute approximate surface area is 177 Å². The van der Waals surface area contributed by atoms with Gasteiger partial charge in [0.2, 0.25) is 5.95 Å². The van der Waals surface area contributed by atoms with Gasteiger partial charge in [0.05, 0.1) is 18.8 Å². The first-order valence-corrected chi connectivity index (χ1v) is 10.7. The van der Waals surface area contributed by atoms with E-state index in [1.54, 1.807) is 6.20 Å². The van der Waals surface area contributed by atoms with Crippen molar-refractivity contribution in [2.24, 2.45) is 5.73 Å². The van der Waals surface area contributed by atoms with Gasteiger partial charge in [0.25, 0.3) is 0 Å². The second-order valence-electron chi connectivity index (χ2n) is 7.98. The third-order valence-corrected chi connectivity index (χ3v) is 5.81. The summed E-state index contributed by atoms with van der Waals surface area (Å²) in [6.45, 7) is 4.82. The number of nitrogens with zero attached hydrogens (tertiary/aromatic N) is 3. The second kappa shape index (κ2) is 9.40. The SMILES string of the molecule is CC(=O)c1cnc(N[C@@H]2CCCC[C@@H]2N)nc1Nc1ccc(N2CCOCC2)cc1. The summed E-state index contributed by atoms with van der Waals surface area (Å²) in [7, 11) is 0. The molecule has 1 saturated heterocycles. The summed E-state index contributed by atoms with van der Waals surface area (Å²) in [5.74, 6) is 0.918. The molecule has 1 aliphatic heterocycles. The summed E-state index contributed by atoms with van der Waals surface area (Å²) in [4.78, 5) is 23.3. The Morgan fingerprint density at radius 2 is 1.90 bits per heavy atom. The average molecular weight is 411 g/mol. The van der Waals surface area contributed by atoms with Crippen LogP contribution in [0.1, 0.15) is 43.0 Å². The molecule has 4 N–H and O–H groups in total. The lowest BCUT2D eigenvalue weighted by molar-refractivity contribution is 0.101. The fourth-order valence-electron chi connectivity index (χ4n) is 4.02. The minimum atomic E-state index is -0.0802. The van der Waals surface area contributed by atoms with E-state index < -0.39 is 0 Å². The van der Waals surface area contributed by atoms with Crippen LogP contribution < -0.4 is 21.3 Å². The predicted octanol–water partition coefficient (Wildman–Crippen LogP) is 2.94. The minimum absolute atomic E-state index is 0.0802. The van der Waals surface area contributed by atoms with Gasteiger partial charge in [-0.15, -0.1) is 0 Å². The first-order valence-electron chi connectivity index (χ1n) is 10.7. The molecule has 1 aliphatic carbocycles. The molecule has 1 aromatic heterocycles. The maximum absolute atomic E-state index is 12.1. The number of aromatic nitrogens is 2. The zero-order valence-electron chi connectivity index (χ0n) is 17.4. The molecule has 2 aromatic rings. The second-order valence-corrected chi connectivity index (χ2v) is 7.98. The van der Waals surface area contributed by atoms with Crippen molar-refractivity contribution in [1.82, 2.24) is 9.97 Å². The summed E-state index contributed by atoms with van der Waals surface area (Å²) in [6, 6.07) is 8.40. The molecular formula is C22H30N6O2. The average Bonchev–Trinajstić information content (AvgIpc) is 2.76. The molecule has 2 atom stereocenters. The minimum Gasteiger partial charge on any atom is -0.378 e. The number of morpholine rings is 1. The Balaban J connectivity index is 1.50. The van der Waals surface area contributed by atoms with Gasteiger partial charge in [-0.2, -0.15) is 4.98 Å². The zero-order valence-corrected chi connectivity index (χ0v) is 17.4. The summed E-state index contributed by atoms with van der Waals surface area (Å²) in [5, 5.41) is 6.64. The highest BCUT2D eigenvalue weighted by Crippen LogP contribution is 2.25. The predicted molar refractivity (Wildman–Crippen MR) is 119 cm³/mol. The molecule has 0 bridgehead atoms. The lowest BCUT2D eigenvalue weighted by Crippen LogP contribution is -2.43. The molecule has 2 aliphatic rings. The highest BCUT2D eigenvalue weighted by atomic mass is 16.5. The number of nitrogens with one attached hydrogen (secondary N) is 2. The summed E-state index contributed by atoms with van der Waals surface area (Å²) in [6.07, 6.45) is 5.90. The standard InChI is InChI=1S/C22H30N6O2/c1-15(29)18-14-24-22(26-20-5-3-2-4-19(20)23)27-21(18)25-16-6-8-17(9-7-16)28-10-12-30-13-11-28/h6-9,14,19-20H,2-5,10-13,23H2,1H3,(H2,24,25,26,27)/t19-,20+/m0/s1. The van der Waals surface area contributed by atoms with E-state index in [2.05, 4.69) is 37.6 Å². The number of ketones is 1.